The van der Waals surface area contributed by atoms with Crippen molar-refractivity contribution in [3.63, 3.8) is 0 Å². The number of fused-ring (bicyclic) bond motifs is 3. The van der Waals surface area contributed by atoms with Crippen LogP contribution in [0.2, 0.25) is 0 Å². The predicted molar refractivity (Wildman–Crippen MR) is 148 cm³/mol. The van der Waals surface area contributed by atoms with Gasteiger partial charge in [0.1, 0.15) is 0 Å². The molecule has 0 saturated carbocycles. The molecule has 6 rings (SSSR count). The van der Waals surface area contributed by atoms with E-state index < -0.39 is 0 Å². The minimum absolute atomic E-state index is 0.607. The van der Waals surface area contributed by atoms with Crippen LogP contribution < -0.4 is 14.5 Å². The normalized spacial score (nSPS) is 15.5. The Morgan fingerprint density at radius 3 is 2.56 bits per heavy atom. The zero-order valence-corrected chi connectivity index (χ0v) is 21.4. The Morgan fingerprint density at radius 2 is 1.81 bits per heavy atom. The number of nitrogens with zero attached hydrogens (tertiary/aromatic N) is 7. The Bertz CT molecular complexity index is 1330. The molecule has 2 aliphatic rings. The first-order chi connectivity index (χ1) is 17.7. The molecule has 2 aliphatic heterocycles. The summed E-state index contributed by atoms with van der Waals surface area (Å²) < 4.78 is 4.37. The summed E-state index contributed by atoms with van der Waals surface area (Å²) in [5, 5.41) is 3.41. The molecule has 0 aliphatic carbocycles. The third kappa shape index (κ3) is 4.52. The summed E-state index contributed by atoms with van der Waals surface area (Å²) in [6.45, 7) is 7.47. The maximum Gasteiger partial charge on any atom is 0.227 e. The molecule has 1 fully saturated rings. The molecule has 184 valence electrons. The van der Waals surface area contributed by atoms with Crippen molar-refractivity contribution >= 4 is 35.0 Å². The lowest BCUT2D eigenvalue weighted by atomic mass is 10.1. The first-order valence-electron chi connectivity index (χ1n) is 12.4. The van der Waals surface area contributed by atoms with Crippen LogP contribution in [-0.2, 0) is 0 Å². The van der Waals surface area contributed by atoms with Gasteiger partial charge in [0.2, 0.25) is 5.95 Å². The Balaban J connectivity index is 1.26. The monoisotopic (exact) mass is 498 g/mol. The van der Waals surface area contributed by atoms with Crippen molar-refractivity contribution in [2.75, 3.05) is 54.3 Å². The van der Waals surface area contributed by atoms with Gasteiger partial charge in [-0.1, -0.05) is 6.92 Å². The minimum Gasteiger partial charge on any atom is -0.369 e. The van der Waals surface area contributed by atoms with E-state index in [4.69, 9.17) is 4.98 Å². The number of benzene rings is 2. The van der Waals surface area contributed by atoms with E-state index in [0.29, 0.717) is 5.95 Å². The Morgan fingerprint density at radius 1 is 1.00 bits per heavy atom. The van der Waals surface area contributed by atoms with Crippen molar-refractivity contribution in [1.82, 2.24) is 24.4 Å². The average molecular weight is 499 g/mol. The van der Waals surface area contributed by atoms with Gasteiger partial charge in [-0.25, -0.2) is 15.0 Å². The molecule has 8 nitrogen and oxygen atoms in total. The van der Waals surface area contributed by atoms with Gasteiger partial charge >= 0.3 is 0 Å². The van der Waals surface area contributed by atoms with Gasteiger partial charge < -0.3 is 24.0 Å². The molecule has 0 unspecified atom stereocenters. The topological polar surface area (TPSA) is 65.4 Å². The molecule has 4 aromatic rings. The summed E-state index contributed by atoms with van der Waals surface area (Å²) in [7, 11) is 2.18. The number of aromatic nitrogens is 4. The van der Waals surface area contributed by atoms with Crippen LogP contribution in [0.4, 0.5) is 23.0 Å². The molecular weight excluding hydrogens is 468 g/mol. The molecule has 36 heavy (non-hydrogen) atoms. The number of nitrogens with one attached hydrogen (secondary N) is 1. The van der Waals surface area contributed by atoms with Gasteiger partial charge in [-0.05, 0) is 67.9 Å². The maximum absolute atomic E-state index is 4.95. The lowest BCUT2D eigenvalue weighted by Gasteiger charge is -2.34. The molecule has 2 aromatic carbocycles. The fraction of sp³-hybridized carbons (Fsp3) is 0.296. The molecule has 9 heteroatoms. The van der Waals surface area contributed by atoms with E-state index in [1.54, 1.807) is 18.1 Å². The van der Waals surface area contributed by atoms with Crippen molar-refractivity contribution in [3.05, 3.63) is 67.4 Å². The number of rotatable bonds is 6. The summed E-state index contributed by atoms with van der Waals surface area (Å²) in [5.41, 5.74) is 6.59. The second-order valence-electron chi connectivity index (χ2n) is 9.23. The SMILES string of the molecule is CCCN1Sc2cnc(Nc3ccc(N4CCN(C)CC4)cc3)nc2-c2ccc(-n3ccnc3)cc21. The van der Waals surface area contributed by atoms with Gasteiger partial charge in [0.15, 0.2) is 0 Å². The zero-order chi connectivity index (χ0) is 24.5. The predicted octanol–water partition coefficient (Wildman–Crippen LogP) is 5.06. The van der Waals surface area contributed by atoms with E-state index in [-0.39, 0.29) is 0 Å². The summed E-state index contributed by atoms with van der Waals surface area (Å²) in [6.07, 6.45) is 8.59. The molecular formula is C27H30N8S. The highest BCUT2D eigenvalue weighted by Crippen LogP contribution is 2.46. The van der Waals surface area contributed by atoms with Gasteiger partial charge in [-0.15, -0.1) is 0 Å². The summed E-state index contributed by atoms with van der Waals surface area (Å²) in [4.78, 5) is 19.7. The average Bonchev–Trinajstić information content (AvgIpc) is 3.45. The largest absolute Gasteiger partial charge is 0.369 e. The van der Waals surface area contributed by atoms with Gasteiger partial charge in [0, 0.05) is 73.9 Å². The van der Waals surface area contributed by atoms with Crippen LogP contribution in [0, 0.1) is 0 Å². The van der Waals surface area contributed by atoms with Crippen molar-refractivity contribution in [3.8, 4) is 16.9 Å². The Kier molecular flexibility index (Phi) is 6.25. The second kappa shape index (κ2) is 9.83. The molecule has 0 spiro atoms. The Labute approximate surface area is 216 Å². The molecule has 0 amide bonds. The highest BCUT2D eigenvalue weighted by atomic mass is 32.2. The van der Waals surface area contributed by atoms with Gasteiger partial charge in [0.25, 0.3) is 0 Å². The number of piperazine rings is 1. The highest BCUT2D eigenvalue weighted by Gasteiger charge is 2.25. The van der Waals surface area contributed by atoms with E-state index in [2.05, 4.69) is 85.8 Å². The number of likely N-dealkylation sites (N-methyl/N-ethyl adjacent to an activating group) is 1. The van der Waals surface area contributed by atoms with Crippen molar-refractivity contribution in [1.29, 1.82) is 0 Å². The summed E-state index contributed by atoms with van der Waals surface area (Å²) in [5.74, 6) is 0.607. The van der Waals surface area contributed by atoms with E-state index >= 15 is 0 Å². The van der Waals surface area contributed by atoms with E-state index in [0.717, 1.165) is 66.7 Å². The maximum atomic E-state index is 4.95. The molecule has 4 heterocycles. The fourth-order valence-electron chi connectivity index (χ4n) is 4.68. The molecule has 1 saturated heterocycles. The van der Waals surface area contributed by atoms with Crippen molar-refractivity contribution in [2.45, 2.75) is 18.2 Å². The molecule has 1 N–H and O–H groups in total. The number of hydrogen-bond donors (Lipinski definition) is 1. The second-order valence-corrected chi connectivity index (χ2v) is 10.3. The number of hydrogen-bond acceptors (Lipinski definition) is 8. The molecule has 0 atom stereocenters. The van der Waals surface area contributed by atoms with Crippen LogP contribution >= 0.6 is 11.9 Å². The van der Waals surface area contributed by atoms with E-state index in [1.807, 2.05) is 23.3 Å². The lowest BCUT2D eigenvalue weighted by molar-refractivity contribution is 0.313. The first-order valence-corrected chi connectivity index (χ1v) is 13.2. The van der Waals surface area contributed by atoms with Gasteiger partial charge in [-0.3, -0.25) is 0 Å². The summed E-state index contributed by atoms with van der Waals surface area (Å²) in [6, 6.07) is 15.1. The third-order valence-corrected chi connectivity index (χ3v) is 7.79. The molecule has 2 aromatic heterocycles. The first kappa shape index (κ1) is 22.9. The van der Waals surface area contributed by atoms with Gasteiger partial charge in [0.05, 0.1) is 22.6 Å². The van der Waals surface area contributed by atoms with Crippen molar-refractivity contribution < 1.29 is 0 Å². The zero-order valence-electron chi connectivity index (χ0n) is 20.6. The van der Waals surface area contributed by atoms with Gasteiger partial charge in [-0.2, -0.15) is 0 Å². The molecule has 0 radical (unpaired) electrons. The number of anilines is 4. The number of imidazole rings is 1. The minimum atomic E-state index is 0.607. The quantitative estimate of drug-likeness (QED) is 0.370. The Hall–Kier alpha value is -3.56. The standard InChI is InChI=1S/C27H30N8S/c1-3-11-35-24-17-22(34-12-10-28-19-34)8-9-23(24)26-25(36-35)18-29-27(31-26)30-20-4-6-21(7-5-20)33-15-13-32(2)14-16-33/h4-10,12,17-19H,3,11,13-16H2,1-2H3,(H,29,30,31). The van der Waals surface area contributed by atoms with E-state index in [9.17, 15) is 0 Å². The van der Waals surface area contributed by atoms with Crippen LogP contribution in [0.3, 0.4) is 0 Å². The smallest absolute Gasteiger partial charge is 0.227 e. The van der Waals surface area contributed by atoms with Crippen LogP contribution in [0.1, 0.15) is 13.3 Å². The lowest BCUT2D eigenvalue weighted by Crippen LogP contribution is -2.44. The highest BCUT2D eigenvalue weighted by molar-refractivity contribution is 8.00. The van der Waals surface area contributed by atoms with Crippen LogP contribution in [-0.4, -0.2) is 64.2 Å². The fourth-order valence-corrected chi connectivity index (χ4v) is 5.78. The van der Waals surface area contributed by atoms with Crippen LogP contribution in [0.25, 0.3) is 16.9 Å². The van der Waals surface area contributed by atoms with Crippen LogP contribution in [0.5, 0.6) is 0 Å². The van der Waals surface area contributed by atoms with Crippen molar-refractivity contribution in [2.24, 2.45) is 0 Å². The third-order valence-electron chi connectivity index (χ3n) is 6.69. The summed E-state index contributed by atoms with van der Waals surface area (Å²) >= 11 is 1.71. The van der Waals surface area contributed by atoms with E-state index in [1.165, 1.54) is 11.4 Å². The van der Waals surface area contributed by atoms with Crippen LogP contribution in [0.15, 0.2) is 72.3 Å². The molecule has 0 bridgehead atoms.